The third-order valence-electron chi connectivity index (χ3n) is 5.25. The van der Waals surface area contributed by atoms with Crippen LogP contribution in [0, 0.1) is 0 Å². The molecule has 0 radical (unpaired) electrons. The van der Waals surface area contributed by atoms with Gasteiger partial charge in [0.15, 0.2) is 11.5 Å². The van der Waals surface area contributed by atoms with Crippen LogP contribution < -0.4 is 14.4 Å². The summed E-state index contributed by atoms with van der Waals surface area (Å²) in [5.41, 5.74) is 2.51. The molecular weight excluding hydrogens is 326 g/mol. The fourth-order valence-corrected chi connectivity index (χ4v) is 3.95. The molecule has 1 fully saturated rings. The van der Waals surface area contributed by atoms with Gasteiger partial charge in [0.1, 0.15) is 0 Å². The monoisotopic (exact) mass is 349 g/mol. The van der Waals surface area contributed by atoms with E-state index in [2.05, 4.69) is 6.58 Å². The van der Waals surface area contributed by atoms with E-state index in [-0.39, 0.29) is 18.1 Å². The summed E-state index contributed by atoms with van der Waals surface area (Å²) in [7, 11) is 1.64. The molecule has 0 spiro atoms. The second kappa shape index (κ2) is 6.87. The van der Waals surface area contributed by atoms with E-state index in [0.717, 1.165) is 29.7 Å². The van der Waals surface area contributed by atoms with E-state index in [1.165, 1.54) is 12.8 Å². The first-order chi connectivity index (χ1) is 12.7. The van der Waals surface area contributed by atoms with E-state index in [1.807, 2.05) is 48.5 Å². The zero-order chi connectivity index (χ0) is 18.1. The average Bonchev–Trinajstić information content (AvgIpc) is 3.28. The van der Waals surface area contributed by atoms with E-state index >= 15 is 0 Å². The molecule has 1 unspecified atom stereocenters. The molecule has 134 valence electrons. The van der Waals surface area contributed by atoms with Gasteiger partial charge in [-0.2, -0.15) is 0 Å². The quantitative estimate of drug-likeness (QED) is 0.720. The van der Waals surface area contributed by atoms with Crippen LogP contribution in [0.5, 0.6) is 11.5 Å². The molecule has 0 saturated heterocycles. The van der Waals surface area contributed by atoms with E-state index in [1.54, 1.807) is 12.0 Å². The first-order valence-electron chi connectivity index (χ1n) is 9.12. The number of fused-ring (bicyclic) bond motifs is 1. The fourth-order valence-electron chi connectivity index (χ4n) is 3.95. The van der Waals surface area contributed by atoms with Crippen molar-refractivity contribution in [3.05, 3.63) is 66.2 Å². The second-order valence-corrected chi connectivity index (χ2v) is 6.80. The van der Waals surface area contributed by atoms with Gasteiger partial charge in [-0.15, -0.1) is 6.58 Å². The molecule has 0 N–H and O–H groups in total. The fraction of sp³-hybridized carbons (Fsp3) is 0.318. The van der Waals surface area contributed by atoms with Gasteiger partial charge >= 0.3 is 0 Å². The second-order valence-electron chi connectivity index (χ2n) is 6.80. The minimum atomic E-state index is -0.175. The van der Waals surface area contributed by atoms with Crippen molar-refractivity contribution in [3.63, 3.8) is 0 Å². The highest BCUT2D eigenvalue weighted by Gasteiger charge is 2.36. The predicted molar refractivity (Wildman–Crippen MR) is 102 cm³/mol. The average molecular weight is 349 g/mol. The molecule has 1 amide bonds. The third-order valence-corrected chi connectivity index (χ3v) is 5.25. The van der Waals surface area contributed by atoms with Crippen LogP contribution in [0.2, 0.25) is 0 Å². The van der Waals surface area contributed by atoms with Crippen molar-refractivity contribution in [1.29, 1.82) is 0 Å². The Morgan fingerprint density at radius 1 is 1.12 bits per heavy atom. The number of anilines is 1. The molecule has 1 heterocycles. The maximum absolute atomic E-state index is 13.0. The summed E-state index contributed by atoms with van der Waals surface area (Å²) < 4.78 is 11.7. The van der Waals surface area contributed by atoms with Crippen molar-refractivity contribution in [1.82, 2.24) is 0 Å². The third kappa shape index (κ3) is 2.75. The molecule has 2 aliphatic rings. The summed E-state index contributed by atoms with van der Waals surface area (Å²) in [6, 6.07) is 13.2. The number of methoxy groups -OCH3 is 1. The van der Waals surface area contributed by atoms with Crippen molar-refractivity contribution >= 4 is 11.6 Å². The summed E-state index contributed by atoms with van der Waals surface area (Å²) in [6.45, 7) is 3.94. The van der Waals surface area contributed by atoms with Gasteiger partial charge in [0.2, 0.25) is 0 Å². The molecule has 4 nitrogen and oxygen atoms in total. The van der Waals surface area contributed by atoms with Crippen molar-refractivity contribution in [2.75, 3.05) is 12.0 Å². The van der Waals surface area contributed by atoms with Crippen molar-refractivity contribution < 1.29 is 14.3 Å². The lowest BCUT2D eigenvalue weighted by Crippen LogP contribution is -2.26. The maximum Gasteiger partial charge on any atom is 0.259 e. The highest BCUT2D eigenvalue weighted by Crippen LogP contribution is 2.41. The summed E-state index contributed by atoms with van der Waals surface area (Å²) in [5, 5.41) is 0. The Morgan fingerprint density at radius 2 is 1.88 bits per heavy atom. The molecule has 0 aromatic heterocycles. The molecule has 2 aromatic rings. The minimum absolute atomic E-state index is 0.0116. The lowest BCUT2D eigenvalue weighted by atomic mass is 10.0. The number of carbonyl (C=O) groups is 1. The lowest BCUT2D eigenvalue weighted by Gasteiger charge is -2.24. The number of ether oxygens (including phenoxy) is 2. The zero-order valence-corrected chi connectivity index (χ0v) is 15.0. The van der Waals surface area contributed by atoms with E-state index in [4.69, 9.17) is 9.47 Å². The number of nitrogens with zero attached hydrogens (tertiary/aromatic N) is 1. The van der Waals surface area contributed by atoms with Crippen LogP contribution in [0.15, 0.2) is 55.1 Å². The number of hydrogen-bond acceptors (Lipinski definition) is 3. The molecule has 4 heteroatoms. The van der Waals surface area contributed by atoms with Gasteiger partial charge in [-0.3, -0.25) is 9.69 Å². The van der Waals surface area contributed by atoms with Crippen molar-refractivity contribution in [2.45, 2.75) is 37.8 Å². The molecule has 2 aromatic carbocycles. The summed E-state index contributed by atoms with van der Waals surface area (Å²) in [5.74, 6) is 1.38. The summed E-state index contributed by atoms with van der Waals surface area (Å²) in [4.78, 5) is 14.8. The number of amides is 1. The van der Waals surface area contributed by atoms with Crippen LogP contribution in [-0.2, 0) is 0 Å². The minimum Gasteiger partial charge on any atom is -0.493 e. The van der Waals surface area contributed by atoms with E-state index in [0.29, 0.717) is 11.5 Å². The van der Waals surface area contributed by atoms with Crippen LogP contribution in [0.1, 0.15) is 47.6 Å². The van der Waals surface area contributed by atoms with Gasteiger partial charge in [0.05, 0.1) is 19.3 Å². The van der Waals surface area contributed by atoms with Gasteiger partial charge in [0.25, 0.3) is 5.91 Å². The molecular formula is C22H23NO3. The maximum atomic E-state index is 13.0. The van der Waals surface area contributed by atoms with Gasteiger partial charge in [-0.05, 0) is 49.4 Å². The molecule has 26 heavy (non-hydrogen) atoms. The van der Waals surface area contributed by atoms with Gasteiger partial charge in [-0.25, -0.2) is 0 Å². The highest BCUT2D eigenvalue weighted by molar-refractivity contribution is 6.11. The number of hydrogen-bond donors (Lipinski definition) is 0. The Morgan fingerprint density at radius 3 is 2.62 bits per heavy atom. The standard InChI is InChI=1S/C22H23NO3/c1-3-19-17-10-6-7-11-18(17)22(24)23(19)15-12-13-20(25-2)21(14-15)26-16-8-4-5-9-16/h3,6-7,10-14,16,19H,1,4-5,8-9H2,2H3. The Bertz CT molecular complexity index is 839. The highest BCUT2D eigenvalue weighted by atomic mass is 16.5. The van der Waals surface area contributed by atoms with Crippen LogP contribution in [0.25, 0.3) is 0 Å². The Hall–Kier alpha value is -2.75. The first-order valence-corrected chi connectivity index (χ1v) is 9.12. The molecule has 4 rings (SSSR count). The van der Waals surface area contributed by atoms with Gasteiger partial charge in [-0.1, -0.05) is 24.3 Å². The number of benzene rings is 2. The topological polar surface area (TPSA) is 38.8 Å². The van der Waals surface area contributed by atoms with Crippen LogP contribution >= 0.6 is 0 Å². The number of rotatable bonds is 5. The van der Waals surface area contributed by atoms with Crippen LogP contribution in [-0.4, -0.2) is 19.1 Å². The largest absolute Gasteiger partial charge is 0.493 e. The Balaban J connectivity index is 1.71. The van der Waals surface area contributed by atoms with Gasteiger partial charge in [0, 0.05) is 17.3 Å². The predicted octanol–water partition coefficient (Wildman–Crippen LogP) is 4.90. The SMILES string of the molecule is C=CC1c2ccccc2C(=O)N1c1ccc(OC)c(OC2CCCC2)c1. The lowest BCUT2D eigenvalue weighted by molar-refractivity contribution is 0.0994. The van der Waals surface area contributed by atoms with Crippen LogP contribution in [0.4, 0.5) is 5.69 Å². The normalized spacial score (nSPS) is 19.5. The molecule has 0 bridgehead atoms. The van der Waals surface area contributed by atoms with E-state index in [9.17, 15) is 4.79 Å². The molecule has 1 saturated carbocycles. The zero-order valence-electron chi connectivity index (χ0n) is 15.0. The molecule has 1 aliphatic carbocycles. The Labute approximate surface area is 154 Å². The Kier molecular flexibility index (Phi) is 4.41. The smallest absolute Gasteiger partial charge is 0.259 e. The van der Waals surface area contributed by atoms with Gasteiger partial charge < -0.3 is 9.47 Å². The van der Waals surface area contributed by atoms with Crippen LogP contribution in [0.3, 0.4) is 0 Å². The van der Waals surface area contributed by atoms with E-state index < -0.39 is 0 Å². The summed E-state index contributed by atoms with van der Waals surface area (Å²) >= 11 is 0. The van der Waals surface area contributed by atoms with Crippen molar-refractivity contribution in [2.24, 2.45) is 0 Å². The first kappa shape index (κ1) is 16.7. The molecule has 1 atom stereocenters. The summed E-state index contributed by atoms with van der Waals surface area (Å²) in [6.07, 6.45) is 6.57. The molecule has 1 aliphatic heterocycles. The van der Waals surface area contributed by atoms with Crippen molar-refractivity contribution in [3.8, 4) is 11.5 Å². The number of carbonyl (C=O) groups excluding carboxylic acids is 1.